The molecule has 0 aromatic heterocycles. The standard InChI is InChI=1S/C19H24N2O5S/c1-14-6-5-7-15(12-14)21(27(4,23)24)11-10-19(22)20-17-13-16(25-2)8-9-18(17)26-3/h5-9,12-13H,10-11H2,1-4H3,(H,20,22). The summed E-state index contributed by atoms with van der Waals surface area (Å²) >= 11 is 0. The number of anilines is 2. The normalized spacial score (nSPS) is 11.0. The second-order valence-corrected chi connectivity index (χ2v) is 7.95. The van der Waals surface area contributed by atoms with E-state index in [1.165, 1.54) is 18.5 Å². The Kier molecular flexibility index (Phi) is 6.68. The van der Waals surface area contributed by atoms with Crippen LogP contribution in [0.1, 0.15) is 12.0 Å². The van der Waals surface area contributed by atoms with E-state index in [4.69, 9.17) is 9.47 Å². The number of benzene rings is 2. The number of carbonyl (C=O) groups is 1. The van der Waals surface area contributed by atoms with Crippen molar-refractivity contribution in [1.82, 2.24) is 0 Å². The molecule has 0 atom stereocenters. The van der Waals surface area contributed by atoms with Crippen molar-refractivity contribution >= 4 is 27.3 Å². The Bertz CT molecular complexity index is 912. The highest BCUT2D eigenvalue weighted by atomic mass is 32.2. The first-order valence-electron chi connectivity index (χ1n) is 8.31. The molecule has 0 saturated carbocycles. The van der Waals surface area contributed by atoms with Crippen LogP contribution in [-0.2, 0) is 14.8 Å². The third kappa shape index (κ3) is 5.62. The van der Waals surface area contributed by atoms with Crippen molar-refractivity contribution in [3.8, 4) is 11.5 Å². The van der Waals surface area contributed by atoms with Crippen molar-refractivity contribution in [2.45, 2.75) is 13.3 Å². The van der Waals surface area contributed by atoms with Gasteiger partial charge in [0.2, 0.25) is 15.9 Å². The summed E-state index contributed by atoms with van der Waals surface area (Å²) in [6.07, 6.45) is 1.11. The lowest BCUT2D eigenvalue weighted by molar-refractivity contribution is -0.116. The Morgan fingerprint density at radius 1 is 1.11 bits per heavy atom. The van der Waals surface area contributed by atoms with E-state index in [0.717, 1.165) is 11.8 Å². The number of methoxy groups -OCH3 is 2. The average molecular weight is 392 g/mol. The van der Waals surface area contributed by atoms with E-state index in [2.05, 4.69) is 5.32 Å². The molecular weight excluding hydrogens is 368 g/mol. The Morgan fingerprint density at radius 2 is 1.85 bits per heavy atom. The van der Waals surface area contributed by atoms with Crippen LogP contribution in [0.5, 0.6) is 11.5 Å². The molecule has 2 rings (SSSR count). The first-order chi connectivity index (χ1) is 12.7. The van der Waals surface area contributed by atoms with Gasteiger partial charge in [-0.05, 0) is 36.8 Å². The van der Waals surface area contributed by atoms with Gasteiger partial charge in [-0.1, -0.05) is 12.1 Å². The third-order valence-electron chi connectivity index (χ3n) is 3.91. The van der Waals surface area contributed by atoms with Crippen LogP contribution in [0.15, 0.2) is 42.5 Å². The van der Waals surface area contributed by atoms with Gasteiger partial charge >= 0.3 is 0 Å². The zero-order valence-corrected chi connectivity index (χ0v) is 16.7. The summed E-state index contributed by atoms with van der Waals surface area (Å²) in [5.74, 6) is 0.731. The third-order valence-corrected chi connectivity index (χ3v) is 5.11. The number of hydrogen-bond acceptors (Lipinski definition) is 5. The van der Waals surface area contributed by atoms with Gasteiger partial charge in [0.25, 0.3) is 0 Å². The second-order valence-electron chi connectivity index (χ2n) is 6.04. The predicted octanol–water partition coefficient (Wildman–Crippen LogP) is 2.81. The molecule has 2 aromatic rings. The highest BCUT2D eigenvalue weighted by Gasteiger charge is 2.19. The van der Waals surface area contributed by atoms with Gasteiger partial charge in [-0.3, -0.25) is 9.10 Å². The molecule has 0 aliphatic carbocycles. The summed E-state index contributed by atoms with van der Waals surface area (Å²) in [6, 6.07) is 12.2. The van der Waals surface area contributed by atoms with Crippen LogP contribution < -0.4 is 19.1 Å². The summed E-state index contributed by atoms with van der Waals surface area (Å²) in [4.78, 5) is 12.4. The molecule has 0 unspecified atom stereocenters. The smallest absolute Gasteiger partial charge is 0.232 e. The molecule has 2 aromatic carbocycles. The minimum absolute atomic E-state index is 0.0125. The van der Waals surface area contributed by atoms with E-state index in [0.29, 0.717) is 22.9 Å². The maximum atomic E-state index is 12.4. The molecule has 0 aliphatic heterocycles. The highest BCUT2D eigenvalue weighted by molar-refractivity contribution is 7.92. The van der Waals surface area contributed by atoms with Crippen LogP contribution in [0.2, 0.25) is 0 Å². The van der Waals surface area contributed by atoms with Crippen molar-refractivity contribution < 1.29 is 22.7 Å². The summed E-state index contributed by atoms with van der Waals surface area (Å²) in [7, 11) is -0.490. The van der Waals surface area contributed by atoms with E-state index < -0.39 is 10.0 Å². The van der Waals surface area contributed by atoms with E-state index in [-0.39, 0.29) is 18.9 Å². The number of amides is 1. The number of ether oxygens (including phenoxy) is 2. The van der Waals surface area contributed by atoms with E-state index in [1.807, 2.05) is 13.0 Å². The molecule has 0 saturated heterocycles. The Hall–Kier alpha value is -2.74. The molecule has 0 radical (unpaired) electrons. The van der Waals surface area contributed by atoms with Crippen LogP contribution >= 0.6 is 0 Å². The predicted molar refractivity (Wildman–Crippen MR) is 106 cm³/mol. The Labute approximate surface area is 160 Å². The number of carbonyl (C=O) groups excluding carboxylic acids is 1. The average Bonchev–Trinajstić information content (AvgIpc) is 2.60. The maximum Gasteiger partial charge on any atom is 0.232 e. The van der Waals surface area contributed by atoms with Crippen molar-refractivity contribution in [3.05, 3.63) is 48.0 Å². The first kappa shape index (κ1) is 20.6. The number of rotatable bonds is 8. The van der Waals surface area contributed by atoms with Gasteiger partial charge < -0.3 is 14.8 Å². The minimum atomic E-state index is -3.52. The zero-order chi connectivity index (χ0) is 20.0. The van der Waals surface area contributed by atoms with Gasteiger partial charge in [0.1, 0.15) is 11.5 Å². The summed E-state index contributed by atoms with van der Waals surface area (Å²) < 4.78 is 35.9. The monoisotopic (exact) mass is 392 g/mol. The van der Waals surface area contributed by atoms with Gasteiger partial charge in [-0.25, -0.2) is 8.42 Å². The van der Waals surface area contributed by atoms with Crippen LogP contribution in [0.25, 0.3) is 0 Å². The lowest BCUT2D eigenvalue weighted by atomic mass is 10.2. The van der Waals surface area contributed by atoms with Gasteiger partial charge in [0.15, 0.2) is 0 Å². The summed E-state index contributed by atoms with van der Waals surface area (Å²) in [5.41, 5.74) is 1.93. The van der Waals surface area contributed by atoms with Crippen molar-refractivity contribution in [3.63, 3.8) is 0 Å². The molecular formula is C19H24N2O5S. The number of hydrogen-bond donors (Lipinski definition) is 1. The number of nitrogens with zero attached hydrogens (tertiary/aromatic N) is 1. The van der Waals surface area contributed by atoms with Gasteiger partial charge in [-0.2, -0.15) is 0 Å². The Morgan fingerprint density at radius 3 is 2.44 bits per heavy atom. The van der Waals surface area contributed by atoms with Crippen molar-refractivity contribution in [2.75, 3.05) is 36.6 Å². The molecule has 27 heavy (non-hydrogen) atoms. The molecule has 0 heterocycles. The van der Waals surface area contributed by atoms with E-state index in [1.54, 1.807) is 36.4 Å². The van der Waals surface area contributed by atoms with E-state index >= 15 is 0 Å². The maximum absolute atomic E-state index is 12.4. The fourth-order valence-electron chi connectivity index (χ4n) is 2.60. The van der Waals surface area contributed by atoms with Crippen LogP contribution in [0.4, 0.5) is 11.4 Å². The van der Waals surface area contributed by atoms with Gasteiger partial charge in [0, 0.05) is 19.0 Å². The zero-order valence-electron chi connectivity index (χ0n) is 15.9. The largest absolute Gasteiger partial charge is 0.497 e. The molecule has 0 bridgehead atoms. The lowest BCUT2D eigenvalue weighted by Crippen LogP contribution is -2.33. The first-order valence-corrected chi connectivity index (χ1v) is 10.2. The van der Waals surface area contributed by atoms with Crippen LogP contribution in [0, 0.1) is 6.92 Å². The summed E-state index contributed by atoms with van der Waals surface area (Å²) in [6.45, 7) is 1.91. The van der Waals surface area contributed by atoms with Crippen molar-refractivity contribution in [1.29, 1.82) is 0 Å². The SMILES string of the molecule is COc1ccc(OC)c(NC(=O)CCN(c2cccc(C)c2)S(C)(=O)=O)c1. The number of aryl methyl sites for hydroxylation is 1. The van der Waals surface area contributed by atoms with Gasteiger partial charge in [0.05, 0.1) is 31.9 Å². The fraction of sp³-hybridized carbons (Fsp3) is 0.316. The molecule has 1 amide bonds. The molecule has 0 spiro atoms. The quantitative estimate of drug-likeness (QED) is 0.747. The molecule has 1 N–H and O–H groups in total. The highest BCUT2D eigenvalue weighted by Crippen LogP contribution is 2.29. The van der Waals surface area contributed by atoms with Crippen molar-refractivity contribution in [2.24, 2.45) is 0 Å². The molecule has 0 fully saturated rings. The molecule has 0 aliphatic rings. The number of sulfonamides is 1. The molecule has 8 heteroatoms. The topological polar surface area (TPSA) is 84.9 Å². The van der Waals surface area contributed by atoms with Crippen LogP contribution in [-0.4, -0.2) is 41.3 Å². The second kappa shape index (κ2) is 8.77. The summed E-state index contributed by atoms with van der Waals surface area (Å²) in [5, 5.41) is 2.74. The number of nitrogens with one attached hydrogen (secondary N) is 1. The minimum Gasteiger partial charge on any atom is -0.497 e. The fourth-order valence-corrected chi connectivity index (χ4v) is 3.52. The molecule has 7 nitrogen and oxygen atoms in total. The lowest BCUT2D eigenvalue weighted by Gasteiger charge is -2.22. The molecule has 146 valence electrons. The van der Waals surface area contributed by atoms with Gasteiger partial charge in [-0.15, -0.1) is 0 Å². The Balaban J connectivity index is 2.13. The van der Waals surface area contributed by atoms with Crippen LogP contribution in [0.3, 0.4) is 0 Å². The van der Waals surface area contributed by atoms with E-state index in [9.17, 15) is 13.2 Å².